The van der Waals surface area contributed by atoms with Gasteiger partial charge in [-0.25, -0.2) is 0 Å². The van der Waals surface area contributed by atoms with Crippen molar-refractivity contribution in [2.75, 3.05) is 0 Å². The second-order valence-electron chi connectivity index (χ2n) is 6.80. The Morgan fingerprint density at radius 3 is 1.20 bits per heavy atom. The second kappa shape index (κ2) is 21.8. The maximum absolute atomic E-state index is 10.4. The van der Waals surface area contributed by atoms with Crippen molar-refractivity contribution in [2.24, 2.45) is 17.8 Å². The van der Waals surface area contributed by atoms with Crippen molar-refractivity contribution in [2.45, 2.75) is 97.3 Å². The fourth-order valence-electron chi connectivity index (χ4n) is 1.91. The van der Waals surface area contributed by atoms with Crippen LogP contribution in [0.15, 0.2) is 0 Å². The fourth-order valence-corrected chi connectivity index (χ4v) is 1.91. The van der Waals surface area contributed by atoms with Crippen molar-refractivity contribution in [1.82, 2.24) is 0 Å². The first kappa shape index (κ1) is 29.5. The molecule has 2 unspecified atom stereocenters. The molecule has 0 saturated carbocycles. The van der Waals surface area contributed by atoms with Gasteiger partial charge in [0.25, 0.3) is 0 Å². The second-order valence-corrected chi connectivity index (χ2v) is 8.15. The molecule has 0 fully saturated rings. The summed E-state index contributed by atoms with van der Waals surface area (Å²) < 4.78 is 1.44. The van der Waals surface area contributed by atoms with Crippen LogP contribution >= 0.6 is 0 Å². The third kappa shape index (κ3) is 23.7. The molecule has 0 saturated heterocycles. The molecule has 0 aliphatic rings. The van der Waals surface area contributed by atoms with E-state index >= 15 is 0 Å². The average molecular weight is 465 g/mol. The summed E-state index contributed by atoms with van der Waals surface area (Å²) in [6.07, 6.45) is 7.43. The van der Waals surface area contributed by atoms with Gasteiger partial charge in [0.1, 0.15) is 0 Å². The van der Waals surface area contributed by atoms with Gasteiger partial charge in [-0.05, 0) is 25.7 Å². The molecular formula is C20H42O4Sn. The first-order valence-corrected chi connectivity index (χ1v) is 12.2. The molecule has 0 heterocycles. The van der Waals surface area contributed by atoms with E-state index in [2.05, 4.69) is 27.7 Å². The molecule has 5 heteroatoms. The number of carbonyl (C=O) groups is 2. The van der Waals surface area contributed by atoms with Crippen LogP contribution in [0.1, 0.15) is 92.9 Å². The molecule has 2 radical (unpaired) electrons. The predicted molar refractivity (Wildman–Crippen MR) is 109 cm³/mol. The van der Waals surface area contributed by atoms with Crippen molar-refractivity contribution in [1.29, 1.82) is 0 Å². The molecule has 0 rings (SSSR count). The molecule has 0 aliphatic carbocycles. The molecule has 0 spiro atoms. The van der Waals surface area contributed by atoms with E-state index in [0.29, 0.717) is 0 Å². The molecule has 0 amide bonds. The maximum atomic E-state index is 10.4. The number of rotatable bonds is 11. The molecule has 2 N–H and O–H groups in total. The van der Waals surface area contributed by atoms with Gasteiger partial charge < -0.3 is 10.2 Å². The van der Waals surface area contributed by atoms with E-state index in [9.17, 15) is 9.59 Å². The number of unbranched alkanes of at least 4 members (excludes halogenated alkanes) is 2. The Morgan fingerprint density at radius 2 is 1.08 bits per heavy atom. The van der Waals surface area contributed by atoms with Gasteiger partial charge in [-0.1, -0.05) is 53.4 Å². The van der Waals surface area contributed by atoms with Gasteiger partial charge in [-0.15, -0.1) is 0 Å². The number of carboxylic acids is 2. The minimum atomic E-state index is -0.643. The Morgan fingerprint density at radius 1 is 0.800 bits per heavy atom. The van der Waals surface area contributed by atoms with Crippen LogP contribution in [0.3, 0.4) is 0 Å². The standard InChI is InChI=1S/2C8H16O2.C4H9.Sn.H/c2*1-3-5-6-7(4-2)8(9)10;1-4(2)3;;/h2*7H,3-6H2,1-2H3,(H,9,10);4H,1H2,2-3H3;;. The van der Waals surface area contributed by atoms with Crippen LogP contribution in [0.25, 0.3) is 0 Å². The molecule has 150 valence electrons. The molecule has 2 atom stereocenters. The number of hydrogen-bond donors (Lipinski definition) is 2. The summed E-state index contributed by atoms with van der Waals surface area (Å²) in [4.78, 5) is 20.9. The monoisotopic (exact) mass is 466 g/mol. The summed E-state index contributed by atoms with van der Waals surface area (Å²) in [5, 5.41) is 17.2. The average Bonchev–Trinajstić information content (AvgIpc) is 2.56. The van der Waals surface area contributed by atoms with Crippen molar-refractivity contribution in [3.63, 3.8) is 0 Å². The topological polar surface area (TPSA) is 74.6 Å². The molecule has 4 nitrogen and oxygen atoms in total. The minimum absolute atomic E-state index is 0.111. The molecule has 25 heavy (non-hydrogen) atoms. The first-order chi connectivity index (χ1) is 11.7. The van der Waals surface area contributed by atoms with Gasteiger partial charge in [-0.2, -0.15) is 0 Å². The summed E-state index contributed by atoms with van der Waals surface area (Å²) in [7, 11) is 0. The minimum Gasteiger partial charge on any atom is -0.481 e. The summed E-state index contributed by atoms with van der Waals surface area (Å²) in [5.41, 5.74) is 0. The third-order valence-corrected chi connectivity index (χ3v) is 6.66. The zero-order chi connectivity index (χ0) is 20.3. The van der Waals surface area contributed by atoms with Crippen LogP contribution < -0.4 is 0 Å². The molecule has 0 aromatic heterocycles. The predicted octanol–water partition coefficient (Wildman–Crippen LogP) is 5.54. The summed E-state index contributed by atoms with van der Waals surface area (Å²) >= 11 is 1.43. The van der Waals surface area contributed by atoms with E-state index in [4.69, 9.17) is 10.2 Å². The van der Waals surface area contributed by atoms with Gasteiger partial charge in [0.2, 0.25) is 0 Å². The Balaban J connectivity index is -0.000000308. The normalized spacial score (nSPS) is 12.3. The summed E-state index contributed by atoms with van der Waals surface area (Å²) in [6.45, 7) is 12.5. The van der Waals surface area contributed by atoms with E-state index < -0.39 is 11.9 Å². The van der Waals surface area contributed by atoms with Gasteiger partial charge in [0.15, 0.2) is 0 Å². The molecule has 0 aliphatic heterocycles. The number of hydrogen-bond acceptors (Lipinski definition) is 2. The smallest absolute Gasteiger partial charge is 0.306 e. The van der Waals surface area contributed by atoms with Crippen LogP contribution in [0.2, 0.25) is 4.44 Å². The Kier molecular flexibility index (Phi) is 25.7. The molecule has 0 bridgehead atoms. The maximum Gasteiger partial charge on any atom is 0.306 e. The van der Waals surface area contributed by atoms with Crippen LogP contribution in [0.4, 0.5) is 0 Å². The first-order valence-electron chi connectivity index (χ1n) is 9.87. The SMILES string of the molecule is CC(C)[CH2][SnH].CCCCC(CC)C(=O)O.CCCCC(CC)C(=O)O. The van der Waals surface area contributed by atoms with Crippen LogP contribution in [-0.4, -0.2) is 44.7 Å². The van der Waals surface area contributed by atoms with E-state index in [-0.39, 0.29) is 11.8 Å². The van der Waals surface area contributed by atoms with Crippen LogP contribution in [0, 0.1) is 17.8 Å². The zero-order valence-corrected chi connectivity index (χ0v) is 20.7. The molecular weight excluding hydrogens is 423 g/mol. The van der Waals surface area contributed by atoms with Crippen LogP contribution in [-0.2, 0) is 9.59 Å². The van der Waals surface area contributed by atoms with Gasteiger partial charge in [-0.3, -0.25) is 9.59 Å². The molecule has 0 aromatic rings. The van der Waals surface area contributed by atoms with E-state index in [0.717, 1.165) is 57.3 Å². The number of aliphatic carboxylic acids is 2. The summed E-state index contributed by atoms with van der Waals surface area (Å²) in [5.74, 6) is -0.566. The Labute approximate surface area is 169 Å². The fraction of sp³-hybridized carbons (Fsp3) is 0.900. The van der Waals surface area contributed by atoms with Gasteiger partial charge in [0.05, 0.1) is 11.8 Å². The summed E-state index contributed by atoms with van der Waals surface area (Å²) in [6, 6.07) is 0. The van der Waals surface area contributed by atoms with Crippen molar-refractivity contribution >= 4 is 34.5 Å². The van der Waals surface area contributed by atoms with E-state index in [1.807, 2.05) is 13.8 Å². The Bertz CT molecular complexity index is 280. The van der Waals surface area contributed by atoms with Crippen LogP contribution in [0.5, 0.6) is 0 Å². The largest absolute Gasteiger partial charge is 0.481 e. The zero-order valence-electron chi connectivity index (χ0n) is 17.4. The molecule has 0 aromatic carbocycles. The quantitative estimate of drug-likeness (QED) is 0.393. The van der Waals surface area contributed by atoms with E-state index in [1.165, 1.54) is 27.0 Å². The number of carboxylic acid groups (broad SMARTS) is 2. The van der Waals surface area contributed by atoms with Crippen molar-refractivity contribution < 1.29 is 19.8 Å². The Hall–Kier alpha value is -0.261. The third-order valence-electron chi connectivity index (χ3n) is 3.97. The van der Waals surface area contributed by atoms with Crippen molar-refractivity contribution in [3.8, 4) is 0 Å². The van der Waals surface area contributed by atoms with Gasteiger partial charge in [0, 0.05) is 0 Å². The van der Waals surface area contributed by atoms with Crippen molar-refractivity contribution in [3.05, 3.63) is 0 Å². The van der Waals surface area contributed by atoms with E-state index in [1.54, 1.807) is 0 Å². The van der Waals surface area contributed by atoms with Gasteiger partial charge >= 0.3 is 58.7 Å².